The molecule has 0 fully saturated rings. The van der Waals surface area contributed by atoms with Crippen LogP contribution in [0.15, 0.2) is 68.8 Å². The zero-order valence-corrected chi connectivity index (χ0v) is 16.6. The monoisotopic (exact) mass is 437 g/mol. The smallest absolute Gasteiger partial charge is 0.299 e. The van der Waals surface area contributed by atoms with E-state index >= 15 is 0 Å². The molecule has 140 valence electrons. The van der Waals surface area contributed by atoms with Crippen molar-refractivity contribution >= 4 is 21.7 Å². The molecule has 0 saturated heterocycles. The van der Waals surface area contributed by atoms with E-state index in [0.29, 0.717) is 12.1 Å². The first-order valence-corrected chi connectivity index (χ1v) is 9.37. The highest BCUT2D eigenvalue weighted by molar-refractivity contribution is 9.10. The van der Waals surface area contributed by atoms with Gasteiger partial charge >= 0.3 is 5.69 Å². The van der Waals surface area contributed by atoms with Gasteiger partial charge in [-0.3, -0.25) is 18.7 Å². The lowest BCUT2D eigenvalue weighted by molar-refractivity contribution is 0.0968. The van der Waals surface area contributed by atoms with Gasteiger partial charge < -0.3 is 0 Å². The van der Waals surface area contributed by atoms with E-state index in [1.54, 1.807) is 25.1 Å². The minimum absolute atomic E-state index is 0.167. The molecule has 0 unspecified atom stereocenters. The van der Waals surface area contributed by atoms with Gasteiger partial charge in [-0.2, -0.15) is 5.26 Å². The van der Waals surface area contributed by atoms with E-state index in [1.165, 1.54) is 10.8 Å². The maximum atomic E-state index is 12.6. The lowest BCUT2D eigenvalue weighted by Crippen LogP contribution is -2.42. The molecule has 28 heavy (non-hydrogen) atoms. The summed E-state index contributed by atoms with van der Waals surface area (Å²) in [7, 11) is 0. The number of nitriles is 1. The highest BCUT2D eigenvalue weighted by Gasteiger charge is 2.15. The molecule has 2 aromatic carbocycles. The van der Waals surface area contributed by atoms with Crippen molar-refractivity contribution in [2.24, 2.45) is 0 Å². The number of benzene rings is 2. The van der Waals surface area contributed by atoms with Crippen LogP contribution < -0.4 is 11.2 Å². The molecule has 0 atom stereocenters. The molecule has 0 aliphatic rings. The van der Waals surface area contributed by atoms with E-state index in [-0.39, 0.29) is 11.3 Å². The Morgan fingerprint density at radius 2 is 1.61 bits per heavy atom. The highest BCUT2D eigenvalue weighted by atomic mass is 79.9. The summed E-state index contributed by atoms with van der Waals surface area (Å²) in [5.74, 6) is -0.376. The number of Topliss-reactive ketones (excluding diaryl/α,β-unsaturated/α-hetero) is 1. The molecule has 0 spiro atoms. The van der Waals surface area contributed by atoms with Crippen LogP contribution >= 0.6 is 15.9 Å². The van der Waals surface area contributed by atoms with Gasteiger partial charge in [-0.25, -0.2) is 4.79 Å². The van der Waals surface area contributed by atoms with Crippen molar-refractivity contribution in [2.45, 2.75) is 20.0 Å². The Morgan fingerprint density at radius 3 is 2.14 bits per heavy atom. The quantitative estimate of drug-likeness (QED) is 0.573. The largest absolute Gasteiger partial charge is 0.331 e. The van der Waals surface area contributed by atoms with Crippen molar-refractivity contribution in [3.63, 3.8) is 0 Å². The third kappa shape index (κ3) is 3.87. The fourth-order valence-electron chi connectivity index (χ4n) is 2.82. The molecule has 3 aromatic rings. The van der Waals surface area contributed by atoms with Crippen LogP contribution in [-0.4, -0.2) is 14.9 Å². The van der Waals surface area contributed by atoms with Crippen molar-refractivity contribution in [2.75, 3.05) is 0 Å². The second-order valence-electron chi connectivity index (χ2n) is 6.12. The zero-order chi connectivity index (χ0) is 20.3. The fraction of sp³-hybridized carbons (Fsp3) is 0.143. The molecule has 3 rings (SSSR count). The van der Waals surface area contributed by atoms with E-state index in [4.69, 9.17) is 5.26 Å². The normalized spacial score (nSPS) is 10.5. The van der Waals surface area contributed by atoms with Crippen LogP contribution in [0.1, 0.15) is 22.8 Å². The molecule has 1 aromatic heterocycles. The lowest BCUT2D eigenvalue weighted by Gasteiger charge is -2.09. The number of carbonyl (C=O) groups is 1. The first-order valence-electron chi connectivity index (χ1n) is 8.58. The summed E-state index contributed by atoms with van der Waals surface area (Å²) < 4.78 is 3.03. The molecule has 1 heterocycles. The molecule has 0 N–H and O–H groups in total. The predicted molar refractivity (Wildman–Crippen MR) is 109 cm³/mol. The lowest BCUT2D eigenvalue weighted by atomic mass is 10.0. The summed E-state index contributed by atoms with van der Waals surface area (Å²) in [5.41, 5.74) is 0.813. The van der Waals surface area contributed by atoms with Crippen molar-refractivity contribution in [3.05, 3.63) is 91.2 Å². The van der Waals surface area contributed by atoms with E-state index in [9.17, 15) is 14.4 Å². The fourth-order valence-corrected chi connectivity index (χ4v) is 3.09. The Labute approximate surface area is 169 Å². The molecule has 7 heteroatoms. The minimum atomic E-state index is -0.753. The maximum absolute atomic E-state index is 12.6. The highest BCUT2D eigenvalue weighted by Crippen LogP contribution is 2.22. The molecule has 0 radical (unpaired) electrons. The van der Waals surface area contributed by atoms with Crippen molar-refractivity contribution in [1.29, 1.82) is 5.26 Å². The first kappa shape index (κ1) is 19.5. The van der Waals surface area contributed by atoms with Crippen molar-refractivity contribution < 1.29 is 4.79 Å². The Kier molecular flexibility index (Phi) is 5.71. The molecule has 0 saturated carbocycles. The number of rotatable bonds is 5. The molecule has 6 nitrogen and oxygen atoms in total. The number of aryl methyl sites for hydroxylation is 1. The van der Waals surface area contributed by atoms with Crippen molar-refractivity contribution in [3.8, 4) is 17.2 Å². The molecule has 0 aliphatic heterocycles. The number of carbonyl (C=O) groups excluding carboxylic acids is 1. The van der Waals surface area contributed by atoms with E-state index in [1.807, 2.05) is 36.4 Å². The Morgan fingerprint density at radius 1 is 1.04 bits per heavy atom. The zero-order valence-electron chi connectivity index (χ0n) is 15.1. The molecular formula is C21H16BrN3O3. The van der Waals surface area contributed by atoms with E-state index in [2.05, 4.69) is 15.9 Å². The number of ketones is 1. The van der Waals surface area contributed by atoms with Gasteiger partial charge in [0.15, 0.2) is 5.78 Å². The second-order valence-corrected chi connectivity index (χ2v) is 7.04. The van der Waals surface area contributed by atoms with Crippen LogP contribution in [0.2, 0.25) is 0 Å². The second kappa shape index (κ2) is 8.19. The van der Waals surface area contributed by atoms with Crippen LogP contribution in [0.25, 0.3) is 11.1 Å². The number of hydrogen-bond donors (Lipinski definition) is 0. The topological polar surface area (TPSA) is 84.9 Å². The van der Waals surface area contributed by atoms with Gasteiger partial charge in [-0.1, -0.05) is 52.3 Å². The summed E-state index contributed by atoms with van der Waals surface area (Å²) in [6.07, 6.45) is 1.22. The molecule has 0 bridgehead atoms. The predicted octanol–water partition coefficient (Wildman–Crippen LogP) is 3.21. The summed E-state index contributed by atoms with van der Waals surface area (Å²) in [5, 5.41) is 9.09. The minimum Gasteiger partial charge on any atom is -0.299 e. The molecule has 0 aliphatic carbocycles. The van der Waals surface area contributed by atoms with E-state index < -0.39 is 17.8 Å². The summed E-state index contributed by atoms with van der Waals surface area (Å²) in [6.45, 7) is 1.61. The van der Waals surface area contributed by atoms with E-state index in [0.717, 1.165) is 20.2 Å². The van der Waals surface area contributed by atoms with Gasteiger partial charge in [0.2, 0.25) is 0 Å². The molecular weight excluding hydrogens is 422 g/mol. The number of hydrogen-bond acceptors (Lipinski definition) is 4. The maximum Gasteiger partial charge on any atom is 0.331 e. The number of nitrogens with zero attached hydrogens (tertiary/aromatic N) is 3. The van der Waals surface area contributed by atoms with Crippen molar-refractivity contribution in [1.82, 2.24) is 9.13 Å². The van der Waals surface area contributed by atoms with Crippen LogP contribution in [-0.2, 0) is 13.1 Å². The van der Waals surface area contributed by atoms with Gasteiger partial charge in [-0.05, 0) is 30.2 Å². The van der Waals surface area contributed by atoms with Gasteiger partial charge in [-0.15, -0.1) is 0 Å². The Hall–Kier alpha value is -3.24. The number of aromatic nitrogens is 2. The summed E-state index contributed by atoms with van der Waals surface area (Å²) in [4.78, 5) is 37.3. The average molecular weight is 438 g/mol. The van der Waals surface area contributed by atoms with Crippen LogP contribution in [0.5, 0.6) is 0 Å². The van der Waals surface area contributed by atoms with Gasteiger partial charge in [0.05, 0.1) is 6.54 Å². The Balaban J connectivity index is 1.90. The van der Waals surface area contributed by atoms with Crippen LogP contribution in [0, 0.1) is 11.3 Å². The molecule has 0 amide bonds. The third-order valence-electron chi connectivity index (χ3n) is 4.38. The summed E-state index contributed by atoms with van der Waals surface area (Å²) >= 11 is 3.39. The standard InChI is InChI=1S/C21H16BrN3O3/c1-2-24-12-17(11-23)20(27)25(21(24)28)13-19(26)16-5-3-14(4-6-16)15-7-9-18(22)10-8-15/h3-10,12H,2,13H2,1H3. The average Bonchev–Trinajstić information content (AvgIpc) is 2.72. The Bertz CT molecular complexity index is 1180. The number of halogens is 1. The SMILES string of the molecule is CCn1cc(C#N)c(=O)n(CC(=O)c2ccc(-c3ccc(Br)cc3)cc2)c1=O. The first-order chi connectivity index (χ1) is 13.4. The summed E-state index contributed by atoms with van der Waals surface area (Å²) in [6, 6.07) is 16.5. The third-order valence-corrected chi connectivity index (χ3v) is 4.91. The van der Waals surface area contributed by atoms with Gasteiger partial charge in [0, 0.05) is 22.8 Å². The van der Waals surface area contributed by atoms with Gasteiger partial charge in [0.25, 0.3) is 5.56 Å². The van der Waals surface area contributed by atoms with Crippen LogP contribution in [0.3, 0.4) is 0 Å². The van der Waals surface area contributed by atoms with Gasteiger partial charge in [0.1, 0.15) is 11.6 Å². The van der Waals surface area contributed by atoms with Crippen LogP contribution in [0.4, 0.5) is 0 Å².